The Bertz CT molecular complexity index is 554. The van der Waals surface area contributed by atoms with Gasteiger partial charge in [-0.15, -0.1) is 11.3 Å². The molecule has 0 unspecified atom stereocenters. The third-order valence-corrected chi connectivity index (χ3v) is 5.37. The van der Waals surface area contributed by atoms with Crippen LogP contribution in [-0.2, 0) is 0 Å². The maximum absolute atomic E-state index is 4.87. The highest BCUT2D eigenvalue weighted by atomic mass is 32.2. The summed E-state index contributed by atoms with van der Waals surface area (Å²) in [7, 11) is 0. The quantitative estimate of drug-likeness (QED) is 0.832. The SMILES string of the molecule is Cc1ccc(-c2nc(N3CCSCC3)sc2C)cc1. The number of thioether (sulfide) groups is 1. The van der Waals surface area contributed by atoms with Gasteiger partial charge in [-0.2, -0.15) is 11.8 Å². The molecule has 2 heterocycles. The Labute approximate surface area is 122 Å². The van der Waals surface area contributed by atoms with Crippen LogP contribution in [0.25, 0.3) is 11.3 Å². The van der Waals surface area contributed by atoms with Crippen LogP contribution < -0.4 is 4.90 Å². The van der Waals surface area contributed by atoms with E-state index in [2.05, 4.69) is 43.0 Å². The van der Waals surface area contributed by atoms with Crippen molar-refractivity contribution in [3.8, 4) is 11.3 Å². The van der Waals surface area contributed by atoms with Gasteiger partial charge in [-0.25, -0.2) is 4.98 Å². The number of nitrogens with zero attached hydrogens (tertiary/aromatic N) is 2. The predicted molar refractivity (Wildman–Crippen MR) is 86.6 cm³/mol. The van der Waals surface area contributed by atoms with Crippen LogP contribution in [0.3, 0.4) is 0 Å². The fraction of sp³-hybridized carbons (Fsp3) is 0.400. The van der Waals surface area contributed by atoms with Crippen molar-refractivity contribution in [1.82, 2.24) is 4.98 Å². The van der Waals surface area contributed by atoms with E-state index in [1.165, 1.54) is 32.6 Å². The first-order valence-corrected chi connectivity index (χ1v) is 8.58. The van der Waals surface area contributed by atoms with Crippen LogP contribution in [0.4, 0.5) is 5.13 Å². The van der Waals surface area contributed by atoms with E-state index in [0.717, 1.165) is 18.8 Å². The first-order chi connectivity index (χ1) is 9.24. The van der Waals surface area contributed by atoms with E-state index in [1.54, 1.807) is 0 Å². The van der Waals surface area contributed by atoms with Gasteiger partial charge in [-0.3, -0.25) is 0 Å². The van der Waals surface area contributed by atoms with Crippen LogP contribution in [-0.4, -0.2) is 29.6 Å². The maximum atomic E-state index is 4.87. The van der Waals surface area contributed by atoms with Crippen LogP contribution in [0.1, 0.15) is 10.4 Å². The Morgan fingerprint density at radius 2 is 1.74 bits per heavy atom. The fourth-order valence-electron chi connectivity index (χ4n) is 2.25. The molecular formula is C15H18N2S2. The van der Waals surface area contributed by atoms with Gasteiger partial charge in [-0.05, 0) is 13.8 Å². The van der Waals surface area contributed by atoms with Crippen molar-refractivity contribution < 1.29 is 0 Å². The van der Waals surface area contributed by atoms with Crippen LogP contribution in [0.5, 0.6) is 0 Å². The highest BCUT2D eigenvalue weighted by Crippen LogP contribution is 2.33. The minimum Gasteiger partial charge on any atom is -0.346 e. The summed E-state index contributed by atoms with van der Waals surface area (Å²) in [6.45, 7) is 6.56. The van der Waals surface area contributed by atoms with Crippen LogP contribution >= 0.6 is 23.1 Å². The van der Waals surface area contributed by atoms with Crippen molar-refractivity contribution in [2.24, 2.45) is 0 Å². The van der Waals surface area contributed by atoms with Crippen LogP contribution in [0.2, 0.25) is 0 Å². The van der Waals surface area contributed by atoms with Crippen molar-refractivity contribution in [1.29, 1.82) is 0 Å². The number of aromatic nitrogens is 1. The van der Waals surface area contributed by atoms with E-state index in [9.17, 15) is 0 Å². The molecule has 1 fully saturated rings. The van der Waals surface area contributed by atoms with Crippen molar-refractivity contribution >= 4 is 28.2 Å². The lowest BCUT2D eigenvalue weighted by molar-refractivity contribution is 0.853. The summed E-state index contributed by atoms with van der Waals surface area (Å²) in [5.74, 6) is 2.44. The Morgan fingerprint density at radius 1 is 1.05 bits per heavy atom. The van der Waals surface area contributed by atoms with Gasteiger partial charge in [0.2, 0.25) is 0 Å². The van der Waals surface area contributed by atoms with Crippen molar-refractivity contribution in [2.45, 2.75) is 13.8 Å². The molecule has 0 spiro atoms. The topological polar surface area (TPSA) is 16.1 Å². The molecule has 0 N–H and O–H groups in total. The largest absolute Gasteiger partial charge is 0.346 e. The fourth-order valence-corrected chi connectivity index (χ4v) is 4.14. The maximum Gasteiger partial charge on any atom is 0.186 e. The monoisotopic (exact) mass is 290 g/mol. The lowest BCUT2D eigenvalue weighted by Crippen LogP contribution is -2.32. The second-order valence-corrected chi connectivity index (χ2v) is 7.27. The van der Waals surface area contributed by atoms with Gasteiger partial charge in [0.25, 0.3) is 0 Å². The molecular weight excluding hydrogens is 272 g/mol. The van der Waals surface area contributed by atoms with Gasteiger partial charge < -0.3 is 4.90 Å². The molecule has 1 aliphatic heterocycles. The molecule has 0 amide bonds. The molecule has 1 aromatic carbocycles. The van der Waals surface area contributed by atoms with Gasteiger partial charge in [0, 0.05) is 35.0 Å². The lowest BCUT2D eigenvalue weighted by atomic mass is 10.1. The Morgan fingerprint density at radius 3 is 2.42 bits per heavy atom. The highest BCUT2D eigenvalue weighted by molar-refractivity contribution is 7.99. The molecule has 2 nitrogen and oxygen atoms in total. The molecule has 0 aliphatic carbocycles. The van der Waals surface area contributed by atoms with Crippen molar-refractivity contribution in [3.05, 3.63) is 34.7 Å². The number of thiazole rings is 1. The van der Waals surface area contributed by atoms with E-state index < -0.39 is 0 Å². The number of rotatable bonds is 2. The third kappa shape index (κ3) is 2.79. The number of aryl methyl sites for hydroxylation is 2. The average molecular weight is 290 g/mol. The van der Waals surface area contributed by atoms with Gasteiger partial charge in [-0.1, -0.05) is 29.8 Å². The highest BCUT2D eigenvalue weighted by Gasteiger charge is 2.17. The lowest BCUT2D eigenvalue weighted by Gasteiger charge is -2.25. The Hall–Kier alpha value is -1.00. The Kier molecular flexibility index (Phi) is 3.80. The molecule has 3 rings (SSSR count). The minimum atomic E-state index is 1.13. The molecule has 1 aromatic heterocycles. The first kappa shape index (κ1) is 13.0. The zero-order chi connectivity index (χ0) is 13.2. The number of hydrogen-bond acceptors (Lipinski definition) is 4. The van der Waals surface area contributed by atoms with Gasteiger partial charge in [0.1, 0.15) is 0 Å². The number of hydrogen-bond donors (Lipinski definition) is 0. The van der Waals surface area contributed by atoms with Crippen molar-refractivity contribution in [2.75, 3.05) is 29.5 Å². The van der Waals surface area contributed by atoms with Gasteiger partial charge >= 0.3 is 0 Å². The second-order valence-electron chi connectivity index (χ2n) is 4.87. The molecule has 0 radical (unpaired) electrons. The van der Waals surface area contributed by atoms with Gasteiger partial charge in [0.15, 0.2) is 5.13 Å². The zero-order valence-corrected chi connectivity index (χ0v) is 13.0. The summed E-state index contributed by atoms with van der Waals surface area (Å²) in [5, 5.41) is 1.19. The predicted octanol–water partition coefficient (Wildman–Crippen LogP) is 3.98. The van der Waals surface area contributed by atoms with Gasteiger partial charge in [0.05, 0.1) is 5.69 Å². The summed E-state index contributed by atoms with van der Waals surface area (Å²) in [5.41, 5.74) is 3.68. The summed E-state index contributed by atoms with van der Waals surface area (Å²) in [6, 6.07) is 8.66. The zero-order valence-electron chi connectivity index (χ0n) is 11.3. The van der Waals surface area contributed by atoms with E-state index in [0.29, 0.717) is 0 Å². The van der Waals surface area contributed by atoms with Crippen molar-refractivity contribution in [3.63, 3.8) is 0 Å². The first-order valence-electron chi connectivity index (χ1n) is 6.61. The smallest absolute Gasteiger partial charge is 0.186 e. The van der Waals surface area contributed by atoms with E-state index in [1.807, 2.05) is 23.1 Å². The molecule has 19 heavy (non-hydrogen) atoms. The summed E-state index contributed by atoms with van der Waals surface area (Å²) < 4.78 is 0. The number of benzene rings is 1. The molecule has 100 valence electrons. The molecule has 0 atom stereocenters. The molecule has 1 saturated heterocycles. The molecule has 0 saturated carbocycles. The normalized spacial score (nSPS) is 15.8. The average Bonchev–Trinajstić information content (AvgIpc) is 2.83. The Balaban J connectivity index is 1.90. The standard InChI is InChI=1S/C15H18N2S2/c1-11-3-5-13(6-4-11)14-12(2)19-15(16-14)17-7-9-18-10-8-17/h3-6H,7-10H2,1-2H3. The minimum absolute atomic E-state index is 1.13. The van der Waals surface area contributed by atoms with E-state index in [-0.39, 0.29) is 0 Å². The van der Waals surface area contributed by atoms with Crippen LogP contribution in [0, 0.1) is 13.8 Å². The van der Waals surface area contributed by atoms with Crippen LogP contribution in [0.15, 0.2) is 24.3 Å². The molecule has 1 aliphatic rings. The molecule has 4 heteroatoms. The second kappa shape index (κ2) is 5.55. The molecule has 2 aromatic rings. The van der Waals surface area contributed by atoms with E-state index >= 15 is 0 Å². The molecule has 0 bridgehead atoms. The number of anilines is 1. The van der Waals surface area contributed by atoms with E-state index in [4.69, 9.17) is 4.98 Å². The summed E-state index contributed by atoms with van der Waals surface area (Å²) in [4.78, 5) is 8.61. The summed E-state index contributed by atoms with van der Waals surface area (Å²) in [6.07, 6.45) is 0. The summed E-state index contributed by atoms with van der Waals surface area (Å²) >= 11 is 3.86. The third-order valence-electron chi connectivity index (χ3n) is 3.39.